The Labute approximate surface area is 165 Å². The Balaban J connectivity index is 4.19. The molecular weight excluding hydrogens is 366 g/mol. The van der Waals surface area contributed by atoms with Crippen LogP contribution < -0.4 is 5.32 Å². The zero-order valence-corrected chi connectivity index (χ0v) is 17.4. The van der Waals surface area contributed by atoms with Gasteiger partial charge in [0.15, 0.2) is 0 Å². The van der Waals surface area contributed by atoms with Crippen LogP contribution in [0.1, 0.15) is 53.4 Å². The molecule has 0 aromatic heterocycles. The summed E-state index contributed by atoms with van der Waals surface area (Å²) in [5.74, 6) is -3.51. The molecule has 0 aromatic carbocycles. The van der Waals surface area contributed by atoms with Crippen LogP contribution in [0.5, 0.6) is 0 Å². The van der Waals surface area contributed by atoms with Crippen LogP contribution in [-0.2, 0) is 14.4 Å². The van der Waals surface area contributed by atoms with E-state index in [1.807, 2.05) is 18.3 Å². The third kappa shape index (κ3) is 13.8. The average Bonchev–Trinajstić information content (AvgIpc) is 2.56. The van der Waals surface area contributed by atoms with Gasteiger partial charge in [0.2, 0.25) is 0 Å². The highest BCUT2D eigenvalue weighted by Gasteiger charge is 2.22. The number of carbonyl (C=O) groups is 3. The Morgan fingerprint density at radius 3 is 2.00 bits per heavy atom. The minimum absolute atomic E-state index is 0.113. The number of amides is 1. The SMILES string of the molecule is CC(C)=CCC/C(C)=C/CC/C(C)=C/CSC[C@H](NC(=O)C(=O)O)C(=O)O. The first-order valence-corrected chi connectivity index (χ1v) is 10.1. The Hall–Kier alpha value is -2.02. The van der Waals surface area contributed by atoms with Crippen molar-refractivity contribution in [3.63, 3.8) is 0 Å². The monoisotopic (exact) mass is 397 g/mol. The van der Waals surface area contributed by atoms with E-state index in [0.717, 1.165) is 25.7 Å². The molecule has 6 nitrogen and oxygen atoms in total. The number of carboxylic acid groups (broad SMARTS) is 2. The van der Waals surface area contributed by atoms with Crippen LogP contribution in [0.3, 0.4) is 0 Å². The van der Waals surface area contributed by atoms with Crippen molar-refractivity contribution in [3.8, 4) is 0 Å². The lowest BCUT2D eigenvalue weighted by Crippen LogP contribution is -2.45. The summed E-state index contributed by atoms with van der Waals surface area (Å²) in [6.45, 7) is 8.38. The van der Waals surface area contributed by atoms with E-state index in [2.05, 4.69) is 32.9 Å². The van der Waals surface area contributed by atoms with E-state index < -0.39 is 23.9 Å². The van der Waals surface area contributed by atoms with Crippen molar-refractivity contribution in [2.75, 3.05) is 11.5 Å². The van der Waals surface area contributed by atoms with Gasteiger partial charge in [0.1, 0.15) is 6.04 Å². The minimum Gasteiger partial charge on any atom is -0.480 e. The van der Waals surface area contributed by atoms with Crippen LogP contribution in [0.25, 0.3) is 0 Å². The molecule has 152 valence electrons. The first-order valence-electron chi connectivity index (χ1n) is 8.92. The molecule has 0 saturated carbocycles. The molecule has 0 heterocycles. The number of hydrogen-bond acceptors (Lipinski definition) is 4. The van der Waals surface area contributed by atoms with E-state index in [9.17, 15) is 14.4 Å². The van der Waals surface area contributed by atoms with Crippen LogP contribution in [0.15, 0.2) is 34.9 Å². The highest BCUT2D eigenvalue weighted by molar-refractivity contribution is 7.99. The van der Waals surface area contributed by atoms with Crippen LogP contribution >= 0.6 is 11.8 Å². The summed E-state index contributed by atoms with van der Waals surface area (Å²) >= 11 is 1.34. The highest BCUT2D eigenvalue weighted by Crippen LogP contribution is 2.13. The number of carbonyl (C=O) groups excluding carboxylic acids is 1. The smallest absolute Gasteiger partial charge is 0.394 e. The maximum Gasteiger partial charge on any atom is 0.394 e. The highest BCUT2D eigenvalue weighted by atomic mass is 32.2. The second-order valence-electron chi connectivity index (χ2n) is 6.67. The molecule has 7 heteroatoms. The zero-order valence-electron chi connectivity index (χ0n) is 16.6. The van der Waals surface area contributed by atoms with E-state index in [0.29, 0.717) is 5.75 Å². The van der Waals surface area contributed by atoms with Crippen LogP contribution in [0.4, 0.5) is 0 Å². The van der Waals surface area contributed by atoms with Crippen molar-refractivity contribution in [1.29, 1.82) is 0 Å². The van der Waals surface area contributed by atoms with E-state index in [-0.39, 0.29) is 5.75 Å². The fraction of sp³-hybridized carbons (Fsp3) is 0.550. The Bertz CT molecular complexity index is 603. The number of carboxylic acids is 2. The fourth-order valence-corrected chi connectivity index (χ4v) is 3.12. The molecule has 0 bridgehead atoms. The molecule has 0 aliphatic heterocycles. The topological polar surface area (TPSA) is 104 Å². The average molecular weight is 398 g/mol. The van der Waals surface area contributed by atoms with Crippen LogP contribution in [0.2, 0.25) is 0 Å². The zero-order chi connectivity index (χ0) is 20.8. The van der Waals surface area contributed by atoms with E-state index >= 15 is 0 Å². The second kappa shape index (κ2) is 14.1. The van der Waals surface area contributed by atoms with Crippen molar-refractivity contribution >= 4 is 29.6 Å². The number of nitrogens with one attached hydrogen (secondary N) is 1. The predicted octanol–water partition coefficient (Wildman–Crippen LogP) is 3.79. The molecule has 0 spiro atoms. The van der Waals surface area contributed by atoms with Crippen molar-refractivity contribution < 1.29 is 24.6 Å². The lowest BCUT2D eigenvalue weighted by molar-refractivity contribution is -0.151. The number of thioether (sulfide) groups is 1. The summed E-state index contributed by atoms with van der Waals surface area (Å²) in [7, 11) is 0. The molecule has 0 rings (SSSR count). The Kier molecular flexibility index (Phi) is 13.0. The van der Waals surface area contributed by atoms with Gasteiger partial charge in [0.25, 0.3) is 0 Å². The summed E-state index contributed by atoms with van der Waals surface area (Å²) in [5.41, 5.74) is 3.94. The minimum atomic E-state index is -1.69. The van der Waals surface area contributed by atoms with Gasteiger partial charge in [-0.25, -0.2) is 9.59 Å². The first-order chi connectivity index (χ1) is 12.6. The molecule has 0 aliphatic rings. The van der Waals surface area contributed by atoms with Gasteiger partial charge in [-0.05, 0) is 53.4 Å². The summed E-state index contributed by atoms with van der Waals surface area (Å²) in [5, 5.41) is 19.5. The number of allylic oxidation sites excluding steroid dienone is 5. The van der Waals surface area contributed by atoms with Gasteiger partial charge in [0, 0.05) is 11.5 Å². The summed E-state index contributed by atoms with van der Waals surface area (Å²) in [6.07, 6.45) is 10.6. The van der Waals surface area contributed by atoms with Crippen molar-refractivity contribution in [3.05, 3.63) is 34.9 Å². The lowest BCUT2D eigenvalue weighted by Gasteiger charge is -2.12. The standard InChI is InChI=1S/C20H31NO5S/c1-14(2)7-5-8-15(3)9-6-10-16(4)11-12-27-13-17(19(23)24)21-18(22)20(25)26/h7,9,11,17H,5-6,8,10,12-13H2,1-4H3,(H,21,22)(H,23,24)(H,25,26)/b15-9+,16-11+/t17-/m0/s1. The normalized spacial score (nSPS) is 13.0. The van der Waals surface area contributed by atoms with E-state index in [1.165, 1.54) is 28.5 Å². The summed E-state index contributed by atoms with van der Waals surface area (Å²) in [6, 6.07) is -1.21. The van der Waals surface area contributed by atoms with Gasteiger partial charge in [-0.1, -0.05) is 34.9 Å². The molecule has 0 unspecified atom stereocenters. The van der Waals surface area contributed by atoms with Crippen molar-refractivity contribution in [2.24, 2.45) is 0 Å². The number of hydrogen-bond donors (Lipinski definition) is 3. The lowest BCUT2D eigenvalue weighted by atomic mass is 10.1. The third-order valence-electron chi connectivity index (χ3n) is 3.75. The van der Waals surface area contributed by atoms with Gasteiger partial charge in [-0.15, -0.1) is 0 Å². The van der Waals surface area contributed by atoms with Gasteiger partial charge < -0.3 is 15.5 Å². The summed E-state index contributed by atoms with van der Waals surface area (Å²) in [4.78, 5) is 32.6. The van der Waals surface area contributed by atoms with Crippen molar-refractivity contribution in [2.45, 2.75) is 59.4 Å². The number of rotatable bonds is 12. The van der Waals surface area contributed by atoms with E-state index in [4.69, 9.17) is 10.2 Å². The fourth-order valence-electron chi connectivity index (χ4n) is 2.12. The van der Waals surface area contributed by atoms with Crippen LogP contribution in [0, 0.1) is 0 Å². The maximum absolute atomic E-state index is 11.1. The molecule has 1 amide bonds. The van der Waals surface area contributed by atoms with E-state index in [1.54, 1.807) is 0 Å². The molecule has 0 saturated heterocycles. The molecule has 27 heavy (non-hydrogen) atoms. The van der Waals surface area contributed by atoms with Crippen LogP contribution in [-0.4, -0.2) is 45.6 Å². The Morgan fingerprint density at radius 1 is 0.926 bits per heavy atom. The summed E-state index contributed by atoms with van der Waals surface area (Å²) < 4.78 is 0. The predicted molar refractivity (Wildman–Crippen MR) is 110 cm³/mol. The molecule has 0 aromatic rings. The molecule has 0 fully saturated rings. The largest absolute Gasteiger partial charge is 0.480 e. The van der Waals surface area contributed by atoms with Gasteiger partial charge in [0.05, 0.1) is 0 Å². The van der Waals surface area contributed by atoms with Gasteiger partial charge >= 0.3 is 17.8 Å². The molecule has 3 N–H and O–H groups in total. The molecular formula is C20H31NO5S. The Morgan fingerprint density at radius 2 is 1.48 bits per heavy atom. The van der Waals surface area contributed by atoms with Gasteiger partial charge in [-0.2, -0.15) is 11.8 Å². The first kappa shape index (κ1) is 25.0. The van der Waals surface area contributed by atoms with Gasteiger partial charge in [-0.3, -0.25) is 4.79 Å². The maximum atomic E-state index is 11.1. The van der Waals surface area contributed by atoms with Crippen molar-refractivity contribution in [1.82, 2.24) is 5.32 Å². The molecule has 1 atom stereocenters. The third-order valence-corrected chi connectivity index (χ3v) is 4.73. The second-order valence-corrected chi connectivity index (χ2v) is 7.74. The quantitative estimate of drug-likeness (QED) is 0.263. The number of aliphatic carboxylic acids is 2. The molecule has 0 aliphatic carbocycles. The molecule has 0 radical (unpaired) electrons.